The number of benzene rings is 3. The highest BCUT2D eigenvalue weighted by molar-refractivity contribution is 6.19. The van der Waals surface area contributed by atoms with Gasteiger partial charge in [0.15, 0.2) is 11.5 Å². The SMILES string of the molecule is COc1ccc2c(c1OC)c(=O)n1c3ccc(OCc4ccc(F)cc4F)cc3c3ccnc2c31. The average Bonchev–Trinajstić information content (AvgIpc) is 3.20. The summed E-state index contributed by atoms with van der Waals surface area (Å²) in [6.45, 7) is -0.0650. The predicted molar refractivity (Wildman–Crippen MR) is 129 cm³/mol. The Kier molecular flexibility index (Phi) is 4.70. The van der Waals surface area contributed by atoms with Crippen molar-refractivity contribution in [3.05, 3.63) is 88.3 Å². The van der Waals surface area contributed by atoms with E-state index in [1.807, 2.05) is 12.1 Å². The van der Waals surface area contributed by atoms with Gasteiger partial charge < -0.3 is 14.2 Å². The van der Waals surface area contributed by atoms with Gasteiger partial charge >= 0.3 is 0 Å². The molecule has 0 atom stereocenters. The van der Waals surface area contributed by atoms with Crippen LogP contribution in [0.25, 0.3) is 38.1 Å². The van der Waals surface area contributed by atoms with E-state index in [4.69, 9.17) is 14.2 Å². The fraction of sp³-hybridized carbons (Fsp3) is 0.111. The van der Waals surface area contributed by atoms with E-state index in [1.54, 1.807) is 34.9 Å². The third kappa shape index (κ3) is 3.06. The van der Waals surface area contributed by atoms with Crippen LogP contribution in [0.4, 0.5) is 8.78 Å². The van der Waals surface area contributed by atoms with E-state index in [-0.39, 0.29) is 17.7 Å². The van der Waals surface area contributed by atoms with Crippen molar-refractivity contribution in [3.8, 4) is 17.2 Å². The molecule has 6 nitrogen and oxygen atoms in total. The zero-order valence-electron chi connectivity index (χ0n) is 18.8. The van der Waals surface area contributed by atoms with Crippen molar-refractivity contribution in [2.45, 2.75) is 6.61 Å². The van der Waals surface area contributed by atoms with Crippen molar-refractivity contribution in [2.24, 2.45) is 0 Å². The molecule has 8 heteroatoms. The van der Waals surface area contributed by atoms with Crippen molar-refractivity contribution in [3.63, 3.8) is 0 Å². The minimum absolute atomic E-state index is 0.0650. The molecule has 0 unspecified atom stereocenters. The highest BCUT2D eigenvalue weighted by Crippen LogP contribution is 2.39. The molecule has 0 amide bonds. The molecule has 0 N–H and O–H groups in total. The molecule has 174 valence electrons. The van der Waals surface area contributed by atoms with Crippen LogP contribution in [-0.4, -0.2) is 23.6 Å². The van der Waals surface area contributed by atoms with E-state index < -0.39 is 11.6 Å². The lowest BCUT2D eigenvalue weighted by molar-refractivity contribution is 0.300. The minimum atomic E-state index is -0.669. The van der Waals surface area contributed by atoms with Gasteiger partial charge in [0.25, 0.3) is 5.56 Å². The van der Waals surface area contributed by atoms with E-state index in [9.17, 15) is 13.6 Å². The fourth-order valence-electron chi connectivity index (χ4n) is 4.69. The van der Waals surface area contributed by atoms with E-state index in [1.165, 1.54) is 26.4 Å². The van der Waals surface area contributed by atoms with Gasteiger partial charge in [0.2, 0.25) is 0 Å². The van der Waals surface area contributed by atoms with Gasteiger partial charge in [0.1, 0.15) is 24.0 Å². The highest BCUT2D eigenvalue weighted by Gasteiger charge is 2.22. The van der Waals surface area contributed by atoms with Gasteiger partial charge in [-0.2, -0.15) is 0 Å². The Labute approximate surface area is 197 Å². The molecule has 0 aliphatic rings. The molecule has 0 aliphatic heterocycles. The monoisotopic (exact) mass is 472 g/mol. The van der Waals surface area contributed by atoms with Gasteiger partial charge in [-0.1, -0.05) is 0 Å². The summed E-state index contributed by atoms with van der Waals surface area (Å²) in [5, 5.41) is 2.66. The molecular formula is C27H18F2N2O4. The third-order valence-electron chi connectivity index (χ3n) is 6.27. The molecule has 3 heterocycles. The zero-order valence-corrected chi connectivity index (χ0v) is 18.8. The summed E-state index contributed by atoms with van der Waals surface area (Å²) < 4.78 is 45.6. The first kappa shape index (κ1) is 21.1. The second-order valence-electron chi connectivity index (χ2n) is 8.12. The summed E-state index contributed by atoms with van der Waals surface area (Å²) in [5.41, 5.74) is 2.01. The van der Waals surface area contributed by atoms with E-state index in [0.29, 0.717) is 44.6 Å². The van der Waals surface area contributed by atoms with Gasteiger partial charge in [-0.3, -0.25) is 14.2 Å². The van der Waals surface area contributed by atoms with E-state index >= 15 is 0 Å². The lowest BCUT2D eigenvalue weighted by atomic mass is 10.1. The van der Waals surface area contributed by atoms with Crippen LogP contribution in [0.3, 0.4) is 0 Å². The first-order valence-electron chi connectivity index (χ1n) is 10.8. The van der Waals surface area contributed by atoms with Gasteiger partial charge in [0.05, 0.1) is 36.2 Å². The molecule has 0 saturated heterocycles. The largest absolute Gasteiger partial charge is 0.493 e. The summed E-state index contributed by atoms with van der Waals surface area (Å²) in [7, 11) is 3.02. The van der Waals surface area contributed by atoms with Crippen molar-refractivity contribution < 1.29 is 23.0 Å². The van der Waals surface area contributed by atoms with Crippen molar-refractivity contribution in [2.75, 3.05) is 14.2 Å². The number of hydrogen-bond donors (Lipinski definition) is 0. The first-order valence-corrected chi connectivity index (χ1v) is 10.8. The lowest BCUT2D eigenvalue weighted by Crippen LogP contribution is -2.14. The Balaban J connectivity index is 1.58. The van der Waals surface area contributed by atoms with Crippen LogP contribution in [0, 0.1) is 11.6 Å². The Morgan fingerprint density at radius 3 is 2.54 bits per heavy atom. The summed E-state index contributed by atoms with van der Waals surface area (Å²) in [6, 6.07) is 14.1. The van der Waals surface area contributed by atoms with Crippen molar-refractivity contribution in [1.82, 2.24) is 9.38 Å². The molecule has 3 aromatic carbocycles. The number of aromatic nitrogens is 2. The van der Waals surface area contributed by atoms with Crippen LogP contribution in [0.2, 0.25) is 0 Å². The lowest BCUT2D eigenvalue weighted by Gasteiger charge is -2.12. The second-order valence-corrected chi connectivity index (χ2v) is 8.12. The number of fused-ring (bicyclic) bond motifs is 5. The van der Waals surface area contributed by atoms with Gasteiger partial charge in [-0.05, 0) is 48.5 Å². The molecule has 0 radical (unpaired) electrons. The van der Waals surface area contributed by atoms with Crippen molar-refractivity contribution in [1.29, 1.82) is 0 Å². The summed E-state index contributed by atoms with van der Waals surface area (Å²) >= 11 is 0. The van der Waals surface area contributed by atoms with Crippen molar-refractivity contribution >= 4 is 38.1 Å². The third-order valence-corrected chi connectivity index (χ3v) is 6.27. The number of rotatable bonds is 5. The average molecular weight is 472 g/mol. The number of methoxy groups -OCH3 is 2. The Hall–Kier alpha value is -4.46. The second kappa shape index (κ2) is 7.80. The van der Waals surface area contributed by atoms with Gasteiger partial charge in [-0.25, -0.2) is 8.78 Å². The molecule has 0 saturated carbocycles. The minimum Gasteiger partial charge on any atom is -0.493 e. The molecule has 0 bridgehead atoms. The van der Waals surface area contributed by atoms with Crippen LogP contribution in [0.5, 0.6) is 17.2 Å². The number of ether oxygens (including phenoxy) is 3. The molecule has 6 aromatic rings. The summed E-state index contributed by atoms with van der Waals surface area (Å²) in [6.07, 6.45) is 1.69. The van der Waals surface area contributed by atoms with Crippen LogP contribution in [-0.2, 0) is 6.61 Å². The van der Waals surface area contributed by atoms with Gasteiger partial charge in [0, 0.05) is 34.0 Å². The molecule has 6 rings (SSSR count). The summed E-state index contributed by atoms with van der Waals surface area (Å²) in [5.74, 6) is -0.0209. The van der Waals surface area contributed by atoms with E-state index in [0.717, 1.165) is 16.8 Å². The molecular weight excluding hydrogens is 454 g/mol. The van der Waals surface area contributed by atoms with Crippen LogP contribution in [0.15, 0.2) is 65.6 Å². The Bertz CT molecular complexity index is 1830. The zero-order chi connectivity index (χ0) is 24.3. The Morgan fingerprint density at radius 1 is 0.914 bits per heavy atom. The molecule has 0 aliphatic carbocycles. The maximum Gasteiger partial charge on any atom is 0.267 e. The Morgan fingerprint density at radius 2 is 1.77 bits per heavy atom. The first-order chi connectivity index (χ1) is 17.0. The molecule has 0 fully saturated rings. The maximum atomic E-state index is 14.0. The number of pyridine rings is 2. The topological polar surface area (TPSA) is 62.1 Å². The van der Waals surface area contributed by atoms with Crippen LogP contribution < -0.4 is 19.8 Å². The summed E-state index contributed by atoms with van der Waals surface area (Å²) in [4.78, 5) is 18.4. The molecule has 0 spiro atoms. The molecule has 35 heavy (non-hydrogen) atoms. The number of hydrogen-bond acceptors (Lipinski definition) is 5. The normalized spacial score (nSPS) is 11.7. The maximum absolute atomic E-state index is 14.0. The number of nitrogens with zero attached hydrogens (tertiary/aromatic N) is 2. The molecule has 3 aromatic heterocycles. The predicted octanol–water partition coefficient (Wildman–Crippen LogP) is 5.47. The quantitative estimate of drug-likeness (QED) is 0.312. The number of halogens is 2. The van der Waals surface area contributed by atoms with Crippen LogP contribution >= 0.6 is 0 Å². The smallest absolute Gasteiger partial charge is 0.267 e. The van der Waals surface area contributed by atoms with E-state index in [2.05, 4.69) is 4.98 Å². The fourth-order valence-corrected chi connectivity index (χ4v) is 4.69. The standard InChI is InChI=1S/C27H18F2N2O4/c1-33-22-8-6-18-23(26(22)34-2)27(32)31-21-7-5-16(35-13-14-3-4-15(28)11-20(14)29)12-19(21)17-9-10-30-24(18)25(17)31/h3-12H,13H2,1-2H3. The highest BCUT2D eigenvalue weighted by atomic mass is 19.1. The van der Waals surface area contributed by atoms with Crippen LogP contribution in [0.1, 0.15) is 5.56 Å². The van der Waals surface area contributed by atoms with Gasteiger partial charge in [-0.15, -0.1) is 0 Å².